The molecule has 16 heavy (non-hydrogen) atoms. The van der Waals surface area contributed by atoms with Crippen molar-refractivity contribution in [2.75, 3.05) is 26.4 Å². The zero-order valence-corrected chi connectivity index (χ0v) is 11.1. The number of ether oxygens (including phenoxy) is 2. The summed E-state index contributed by atoms with van der Waals surface area (Å²) in [6, 6.07) is 0. The summed E-state index contributed by atoms with van der Waals surface area (Å²) in [6.07, 6.45) is 5.61. The number of aliphatic hydroxyl groups excluding tert-OH is 1. The van der Waals surface area contributed by atoms with Crippen molar-refractivity contribution >= 4 is 0 Å². The summed E-state index contributed by atoms with van der Waals surface area (Å²) >= 11 is 0. The van der Waals surface area contributed by atoms with Gasteiger partial charge in [-0.05, 0) is 19.3 Å². The maximum atomic E-state index is 7.57. The summed E-state index contributed by atoms with van der Waals surface area (Å²) in [5, 5.41) is 7.57. The van der Waals surface area contributed by atoms with Gasteiger partial charge in [0.15, 0.2) is 0 Å². The quantitative estimate of drug-likeness (QED) is 0.654. The third kappa shape index (κ3) is 10.4. The minimum atomic E-state index is 0.250. The molecule has 0 saturated carbocycles. The van der Waals surface area contributed by atoms with Gasteiger partial charge >= 0.3 is 0 Å². The van der Waals surface area contributed by atoms with E-state index in [9.17, 15) is 0 Å². The van der Waals surface area contributed by atoms with Crippen LogP contribution in [0.5, 0.6) is 0 Å². The van der Waals surface area contributed by atoms with Crippen molar-refractivity contribution < 1.29 is 14.6 Å². The summed E-state index contributed by atoms with van der Waals surface area (Å²) in [7, 11) is 0. The molecule has 1 N–H and O–H groups in total. The van der Waals surface area contributed by atoms with Crippen LogP contribution in [0.4, 0.5) is 0 Å². The van der Waals surface area contributed by atoms with E-state index in [1.807, 2.05) is 0 Å². The molecular weight excluding hydrogens is 204 g/mol. The third-order valence-corrected chi connectivity index (χ3v) is 2.60. The standard InChI is InChI=1S/C11H22O2.C2H6O/c1-3-5-6-10(4-2)7-12-8-11-9-13-11;1-2-3/h10-11H,3-9H2,1-2H3;3H,2H2,1H3. The van der Waals surface area contributed by atoms with Crippen molar-refractivity contribution in [3.05, 3.63) is 0 Å². The van der Waals surface area contributed by atoms with Crippen LogP contribution >= 0.6 is 0 Å². The maximum Gasteiger partial charge on any atom is 0.104 e. The van der Waals surface area contributed by atoms with E-state index in [4.69, 9.17) is 14.6 Å². The van der Waals surface area contributed by atoms with Crippen molar-refractivity contribution in [2.45, 2.75) is 52.6 Å². The lowest BCUT2D eigenvalue weighted by atomic mass is 10.0. The van der Waals surface area contributed by atoms with E-state index in [1.165, 1.54) is 25.7 Å². The Kier molecular flexibility index (Phi) is 11.3. The molecule has 1 heterocycles. The van der Waals surface area contributed by atoms with Crippen LogP contribution in [0, 0.1) is 5.92 Å². The Balaban J connectivity index is 0.000000673. The van der Waals surface area contributed by atoms with Gasteiger partial charge in [0.2, 0.25) is 0 Å². The molecule has 3 nitrogen and oxygen atoms in total. The zero-order valence-electron chi connectivity index (χ0n) is 11.1. The van der Waals surface area contributed by atoms with E-state index in [0.29, 0.717) is 6.10 Å². The van der Waals surface area contributed by atoms with Gasteiger partial charge in [-0.15, -0.1) is 0 Å². The van der Waals surface area contributed by atoms with Gasteiger partial charge in [0.25, 0.3) is 0 Å². The SMILES string of the molecule is CCCCC(CC)COCC1CO1.CCO. The molecule has 0 bridgehead atoms. The first-order valence-electron chi connectivity index (χ1n) is 6.58. The summed E-state index contributed by atoms with van der Waals surface area (Å²) in [5.74, 6) is 0.763. The fourth-order valence-electron chi connectivity index (χ4n) is 1.43. The lowest BCUT2D eigenvalue weighted by Crippen LogP contribution is -2.11. The highest BCUT2D eigenvalue weighted by molar-refractivity contribution is 4.67. The molecule has 2 unspecified atom stereocenters. The van der Waals surface area contributed by atoms with Crippen LogP contribution in [0.3, 0.4) is 0 Å². The maximum absolute atomic E-state index is 7.57. The molecule has 1 saturated heterocycles. The minimum Gasteiger partial charge on any atom is -0.397 e. The van der Waals surface area contributed by atoms with Crippen LogP contribution < -0.4 is 0 Å². The lowest BCUT2D eigenvalue weighted by molar-refractivity contribution is 0.0813. The minimum absolute atomic E-state index is 0.250. The molecule has 0 amide bonds. The Bertz CT molecular complexity index is 135. The van der Waals surface area contributed by atoms with Gasteiger partial charge < -0.3 is 14.6 Å². The summed E-state index contributed by atoms with van der Waals surface area (Å²) < 4.78 is 10.7. The molecule has 0 radical (unpaired) electrons. The van der Waals surface area contributed by atoms with Gasteiger partial charge in [0.05, 0.1) is 13.2 Å². The molecule has 0 spiro atoms. The van der Waals surface area contributed by atoms with E-state index in [1.54, 1.807) is 6.92 Å². The van der Waals surface area contributed by atoms with Crippen LogP contribution in [-0.4, -0.2) is 37.6 Å². The molecule has 1 rings (SSSR count). The highest BCUT2D eigenvalue weighted by atomic mass is 16.6. The smallest absolute Gasteiger partial charge is 0.104 e. The largest absolute Gasteiger partial charge is 0.397 e. The molecule has 98 valence electrons. The number of unbranched alkanes of at least 4 members (excludes halogenated alkanes) is 1. The van der Waals surface area contributed by atoms with E-state index >= 15 is 0 Å². The second-order valence-corrected chi connectivity index (χ2v) is 4.23. The average Bonchev–Trinajstić information content (AvgIpc) is 3.08. The van der Waals surface area contributed by atoms with Crippen LogP contribution in [0.1, 0.15) is 46.5 Å². The van der Waals surface area contributed by atoms with Crippen LogP contribution in [0.15, 0.2) is 0 Å². The van der Waals surface area contributed by atoms with E-state index < -0.39 is 0 Å². The molecule has 0 aromatic heterocycles. The molecule has 0 aromatic rings. The van der Waals surface area contributed by atoms with E-state index in [0.717, 1.165) is 25.7 Å². The lowest BCUT2D eigenvalue weighted by Gasteiger charge is -2.13. The van der Waals surface area contributed by atoms with Crippen molar-refractivity contribution in [1.29, 1.82) is 0 Å². The second-order valence-electron chi connectivity index (χ2n) is 4.23. The van der Waals surface area contributed by atoms with E-state index in [-0.39, 0.29) is 6.61 Å². The van der Waals surface area contributed by atoms with Gasteiger partial charge in [-0.2, -0.15) is 0 Å². The molecular formula is C13H28O3. The summed E-state index contributed by atoms with van der Waals surface area (Å²) in [6.45, 7) is 9.06. The first-order valence-corrected chi connectivity index (χ1v) is 6.58. The first kappa shape index (κ1) is 15.9. The number of rotatable bonds is 8. The molecule has 3 heteroatoms. The molecule has 1 aliphatic heterocycles. The predicted molar refractivity (Wildman–Crippen MR) is 66.6 cm³/mol. The number of aliphatic hydroxyl groups is 1. The Morgan fingerprint density at radius 2 is 2.00 bits per heavy atom. The normalized spacial score (nSPS) is 19.9. The molecule has 0 aromatic carbocycles. The van der Waals surface area contributed by atoms with Gasteiger partial charge in [0.1, 0.15) is 6.10 Å². The van der Waals surface area contributed by atoms with Crippen LogP contribution in [0.2, 0.25) is 0 Å². The van der Waals surface area contributed by atoms with Gasteiger partial charge in [-0.3, -0.25) is 0 Å². The van der Waals surface area contributed by atoms with Gasteiger partial charge in [-0.1, -0.05) is 33.1 Å². The summed E-state index contributed by atoms with van der Waals surface area (Å²) in [4.78, 5) is 0. The second kappa shape index (κ2) is 11.4. The molecule has 2 atom stereocenters. The van der Waals surface area contributed by atoms with Crippen molar-refractivity contribution in [2.24, 2.45) is 5.92 Å². The topological polar surface area (TPSA) is 42.0 Å². The Labute approximate surface area is 100 Å². The van der Waals surface area contributed by atoms with Crippen molar-refractivity contribution in [3.63, 3.8) is 0 Å². The Hall–Kier alpha value is -0.120. The third-order valence-electron chi connectivity index (χ3n) is 2.60. The van der Waals surface area contributed by atoms with Gasteiger partial charge in [0, 0.05) is 13.2 Å². The molecule has 1 aliphatic rings. The highest BCUT2D eigenvalue weighted by Gasteiger charge is 2.22. The average molecular weight is 232 g/mol. The van der Waals surface area contributed by atoms with E-state index in [2.05, 4.69) is 13.8 Å². The van der Waals surface area contributed by atoms with Crippen molar-refractivity contribution in [1.82, 2.24) is 0 Å². The molecule has 1 fully saturated rings. The van der Waals surface area contributed by atoms with Gasteiger partial charge in [-0.25, -0.2) is 0 Å². The fraction of sp³-hybridized carbons (Fsp3) is 1.00. The number of hydrogen-bond donors (Lipinski definition) is 1. The van der Waals surface area contributed by atoms with Crippen molar-refractivity contribution in [3.8, 4) is 0 Å². The number of epoxide rings is 1. The highest BCUT2D eigenvalue weighted by Crippen LogP contribution is 2.14. The van der Waals surface area contributed by atoms with Crippen LogP contribution in [0.25, 0.3) is 0 Å². The summed E-state index contributed by atoms with van der Waals surface area (Å²) in [5.41, 5.74) is 0. The Morgan fingerprint density at radius 1 is 1.38 bits per heavy atom. The van der Waals surface area contributed by atoms with Crippen LogP contribution in [-0.2, 0) is 9.47 Å². The fourth-order valence-corrected chi connectivity index (χ4v) is 1.43. The number of hydrogen-bond acceptors (Lipinski definition) is 3. The predicted octanol–water partition coefficient (Wildman–Crippen LogP) is 2.62. The monoisotopic (exact) mass is 232 g/mol. The molecule has 0 aliphatic carbocycles. The first-order chi connectivity index (χ1) is 7.78. The zero-order chi connectivity index (χ0) is 12.2. The Morgan fingerprint density at radius 3 is 2.44 bits per heavy atom.